The predicted molar refractivity (Wildman–Crippen MR) is 60.8 cm³/mol. The molecule has 4 heteroatoms. The van der Waals surface area contributed by atoms with Crippen molar-refractivity contribution in [3.8, 4) is 0 Å². The fourth-order valence-corrected chi connectivity index (χ4v) is 1.85. The van der Waals surface area contributed by atoms with Crippen LogP contribution < -0.4 is 5.73 Å². The van der Waals surface area contributed by atoms with E-state index >= 15 is 0 Å². The molecule has 0 aliphatic rings. The Hall–Kier alpha value is -0.480. The maximum atomic E-state index is 14.4. The van der Waals surface area contributed by atoms with Crippen LogP contribution in [0.4, 0.5) is 8.78 Å². The number of hydrogen-bond donors (Lipinski definition) is 1. The molecule has 1 atom stereocenters. The molecule has 0 fully saturated rings. The summed E-state index contributed by atoms with van der Waals surface area (Å²) < 4.78 is 28.4. The molecule has 1 unspecified atom stereocenters. The average Bonchev–Trinajstić information content (AvgIpc) is 2.20. The molecule has 1 nitrogen and oxygen atoms in total. The van der Waals surface area contributed by atoms with E-state index in [4.69, 9.17) is 5.73 Å². The fraction of sp³-hybridized carbons (Fsp3) is 0.455. The first kappa shape index (κ1) is 12.6. The van der Waals surface area contributed by atoms with Crippen molar-refractivity contribution < 1.29 is 8.78 Å². The second kappa shape index (κ2) is 4.58. The largest absolute Gasteiger partial charge is 0.327 e. The lowest BCUT2D eigenvalue weighted by Gasteiger charge is -2.28. The lowest BCUT2D eigenvalue weighted by atomic mass is 9.85. The van der Waals surface area contributed by atoms with E-state index in [9.17, 15) is 8.78 Å². The third-order valence-corrected chi connectivity index (χ3v) is 3.22. The van der Waals surface area contributed by atoms with Crippen LogP contribution in [-0.4, -0.2) is 6.54 Å². The van der Waals surface area contributed by atoms with E-state index in [0.29, 0.717) is 0 Å². The van der Waals surface area contributed by atoms with E-state index in [0.717, 1.165) is 0 Å². The van der Waals surface area contributed by atoms with E-state index in [2.05, 4.69) is 15.9 Å². The van der Waals surface area contributed by atoms with E-state index in [1.807, 2.05) is 0 Å². The normalized spacial score (nSPS) is 15.4. The highest BCUT2D eigenvalue weighted by Crippen LogP contribution is 2.36. The molecular formula is C11H14BrF2N. The van der Waals surface area contributed by atoms with Gasteiger partial charge in [0, 0.05) is 12.1 Å². The van der Waals surface area contributed by atoms with Gasteiger partial charge in [0.25, 0.3) is 0 Å². The van der Waals surface area contributed by atoms with Crippen LogP contribution in [0, 0.1) is 11.7 Å². The second-order valence-corrected chi connectivity index (χ2v) is 4.68. The number of nitrogens with two attached hydrogens (primary N) is 1. The van der Waals surface area contributed by atoms with Gasteiger partial charge in [-0.15, -0.1) is 0 Å². The molecule has 0 aliphatic heterocycles. The van der Waals surface area contributed by atoms with Gasteiger partial charge in [-0.1, -0.05) is 26.0 Å². The summed E-state index contributed by atoms with van der Waals surface area (Å²) in [4.78, 5) is 0. The van der Waals surface area contributed by atoms with Gasteiger partial charge in [-0.25, -0.2) is 8.78 Å². The Kier molecular flexibility index (Phi) is 3.84. The monoisotopic (exact) mass is 277 g/mol. The average molecular weight is 278 g/mol. The van der Waals surface area contributed by atoms with Crippen LogP contribution in [0.1, 0.15) is 19.4 Å². The summed E-state index contributed by atoms with van der Waals surface area (Å²) in [6, 6.07) is 4.58. The van der Waals surface area contributed by atoms with Crippen LogP contribution >= 0.6 is 15.9 Å². The third-order valence-electron chi connectivity index (χ3n) is 2.61. The molecule has 0 spiro atoms. The standard InChI is InChI=1S/C11H14BrF2N/c1-7(2)11(14,6-15)8-4-3-5-9(12)10(8)13/h3-5,7H,6,15H2,1-2H3. The van der Waals surface area contributed by atoms with Crippen LogP contribution in [-0.2, 0) is 5.67 Å². The van der Waals surface area contributed by atoms with Crippen LogP contribution in [0.2, 0.25) is 0 Å². The molecule has 2 N–H and O–H groups in total. The first-order chi connectivity index (χ1) is 6.93. The molecule has 0 heterocycles. The number of halogens is 3. The lowest BCUT2D eigenvalue weighted by Crippen LogP contribution is -2.36. The van der Waals surface area contributed by atoms with Crippen molar-refractivity contribution in [2.75, 3.05) is 6.54 Å². The summed E-state index contributed by atoms with van der Waals surface area (Å²) in [5, 5.41) is 0. The minimum Gasteiger partial charge on any atom is -0.327 e. The van der Waals surface area contributed by atoms with Gasteiger partial charge < -0.3 is 5.73 Å². The fourth-order valence-electron chi connectivity index (χ4n) is 1.48. The first-order valence-corrected chi connectivity index (χ1v) is 5.56. The minimum absolute atomic E-state index is 0.0226. The van der Waals surface area contributed by atoms with Gasteiger partial charge in [0.1, 0.15) is 5.82 Å². The number of alkyl halides is 1. The molecule has 0 radical (unpaired) electrons. The molecule has 0 saturated heterocycles. The van der Waals surface area contributed by atoms with Crippen LogP contribution in [0.5, 0.6) is 0 Å². The first-order valence-electron chi connectivity index (χ1n) is 4.77. The Labute approximate surface area is 96.8 Å². The Morgan fingerprint density at radius 1 is 1.47 bits per heavy atom. The zero-order valence-corrected chi connectivity index (χ0v) is 10.3. The summed E-state index contributed by atoms with van der Waals surface area (Å²) in [6.07, 6.45) is 0. The molecule has 1 rings (SSSR count). The van der Waals surface area contributed by atoms with Crippen molar-refractivity contribution in [2.24, 2.45) is 11.7 Å². The van der Waals surface area contributed by atoms with Crippen molar-refractivity contribution in [3.63, 3.8) is 0 Å². The zero-order chi connectivity index (χ0) is 11.6. The van der Waals surface area contributed by atoms with Crippen molar-refractivity contribution in [3.05, 3.63) is 34.1 Å². The number of rotatable bonds is 3. The molecule has 1 aromatic rings. The highest BCUT2D eigenvalue weighted by atomic mass is 79.9. The van der Waals surface area contributed by atoms with Crippen molar-refractivity contribution in [1.29, 1.82) is 0 Å². The second-order valence-electron chi connectivity index (χ2n) is 3.82. The topological polar surface area (TPSA) is 26.0 Å². The van der Waals surface area contributed by atoms with E-state index in [1.54, 1.807) is 19.9 Å². The molecule has 84 valence electrons. The zero-order valence-electron chi connectivity index (χ0n) is 8.73. The maximum absolute atomic E-state index is 14.4. The van der Waals surface area contributed by atoms with Gasteiger partial charge in [0.05, 0.1) is 4.47 Å². The molecule has 0 aliphatic carbocycles. The highest BCUT2D eigenvalue weighted by Gasteiger charge is 2.37. The van der Waals surface area contributed by atoms with Crippen LogP contribution in [0.15, 0.2) is 22.7 Å². The summed E-state index contributed by atoms with van der Waals surface area (Å²) in [5.41, 5.74) is 3.61. The molecule has 0 bridgehead atoms. The Morgan fingerprint density at radius 2 is 2.07 bits per heavy atom. The van der Waals surface area contributed by atoms with Gasteiger partial charge in [-0.3, -0.25) is 0 Å². The molecule has 0 saturated carbocycles. The minimum atomic E-state index is -1.81. The highest BCUT2D eigenvalue weighted by molar-refractivity contribution is 9.10. The summed E-state index contributed by atoms with van der Waals surface area (Å²) in [5.74, 6) is -0.939. The lowest BCUT2D eigenvalue weighted by molar-refractivity contribution is 0.104. The van der Waals surface area contributed by atoms with Gasteiger partial charge in [0.15, 0.2) is 5.67 Å². The van der Waals surface area contributed by atoms with E-state index < -0.39 is 11.5 Å². The van der Waals surface area contributed by atoms with Crippen molar-refractivity contribution >= 4 is 15.9 Å². The van der Waals surface area contributed by atoms with Gasteiger partial charge >= 0.3 is 0 Å². The number of hydrogen-bond acceptors (Lipinski definition) is 1. The molecule has 0 amide bonds. The predicted octanol–water partition coefficient (Wildman–Crippen LogP) is 3.37. The van der Waals surface area contributed by atoms with Crippen molar-refractivity contribution in [2.45, 2.75) is 19.5 Å². The van der Waals surface area contributed by atoms with E-state index in [1.165, 1.54) is 12.1 Å². The van der Waals surface area contributed by atoms with Crippen molar-refractivity contribution in [1.82, 2.24) is 0 Å². The quantitative estimate of drug-likeness (QED) is 0.901. The van der Waals surface area contributed by atoms with Gasteiger partial charge in [-0.05, 0) is 27.9 Å². The Morgan fingerprint density at radius 3 is 2.53 bits per heavy atom. The maximum Gasteiger partial charge on any atom is 0.153 e. The molecule has 15 heavy (non-hydrogen) atoms. The Balaban J connectivity index is 3.30. The summed E-state index contributed by atoms with van der Waals surface area (Å²) in [7, 11) is 0. The summed E-state index contributed by atoms with van der Waals surface area (Å²) in [6.45, 7) is 3.15. The van der Waals surface area contributed by atoms with Crippen LogP contribution in [0.3, 0.4) is 0 Å². The van der Waals surface area contributed by atoms with Crippen LogP contribution in [0.25, 0.3) is 0 Å². The third kappa shape index (κ3) is 2.21. The summed E-state index contributed by atoms with van der Waals surface area (Å²) >= 11 is 3.03. The molecule has 1 aromatic carbocycles. The Bertz CT molecular complexity index is 354. The van der Waals surface area contributed by atoms with Gasteiger partial charge in [0.2, 0.25) is 0 Å². The number of benzene rings is 1. The smallest absolute Gasteiger partial charge is 0.153 e. The SMILES string of the molecule is CC(C)C(F)(CN)c1cccc(Br)c1F. The molecule has 0 aromatic heterocycles. The van der Waals surface area contributed by atoms with Gasteiger partial charge in [-0.2, -0.15) is 0 Å². The van der Waals surface area contributed by atoms with E-state index in [-0.39, 0.29) is 22.5 Å². The molecular weight excluding hydrogens is 264 g/mol.